The zero-order valence-corrected chi connectivity index (χ0v) is 16.0. The van der Waals surface area contributed by atoms with Crippen molar-refractivity contribution in [1.82, 2.24) is 25.9 Å². The summed E-state index contributed by atoms with van der Waals surface area (Å²) in [6.07, 6.45) is 3.94. The first-order valence-electron chi connectivity index (χ1n) is 9.13. The van der Waals surface area contributed by atoms with Crippen LogP contribution < -0.4 is 10.5 Å². The Morgan fingerprint density at radius 2 is 1.89 bits per heavy atom. The van der Waals surface area contributed by atoms with Gasteiger partial charge in [-0.25, -0.2) is 18.7 Å². The molecule has 9 nitrogen and oxygen atoms in total. The lowest BCUT2D eigenvalue weighted by atomic mass is 9.76. The minimum atomic E-state index is -3.92. The van der Waals surface area contributed by atoms with E-state index < -0.39 is 10.0 Å². The van der Waals surface area contributed by atoms with Gasteiger partial charge in [0.2, 0.25) is 10.0 Å². The van der Waals surface area contributed by atoms with Gasteiger partial charge in [0.15, 0.2) is 5.82 Å². The molecule has 1 aromatic carbocycles. The first-order valence-corrected chi connectivity index (χ1v) is 10.7. The van der Waals surface area contributed by atoms with Crippen LogP contribution in [-0.4, -0.2) is 48.0 Å². The summed E-state index contributed by atoms with van der Waals surface area (Å²) in [4.78, 5) is 4.65. The number of aromatic nitrogens is 4. The predicted molar refractivity (Wildman–Crippen MR) is 101 cm³/mol. The summed E-state index contributed by atoms with van der Waals surface area (Å²) in [6, 6.07) is 3.80. The van der Waals surface area contributed by atoms with Gasteiger partial charge in [-0.1, -0.05) is 12.1 Å². The molecule has 0 amide bonds. The minimum Gasteiger partial charge on any atom is -0.372 e. The van der Waals surface area contributed by atoms with Gasteiger partial charge < -0.3 is 5.32 Å². The lowest BCUT2D eigenvalue weighted by molar-refractivity contribution is 0.388. The van der Waals surface area contributed by atoms with Crippen molar-refractivity contribution >= 4 is 15.9 Å². The molecule has 0 unspecified atom stereocenters. The van der Waals surface area contributed by atoms with Crippen molar-refractivity contribution in [2.24, 2.45) is 16.0 Å². The van der Waals surface area contributed by atoms with Crippen LogP contribution in [0.1, 0.15) is 42.7 Å². The lowest BCUT2D eigenvalue weighted by Crippen LogP contribution is -2.30. The molecule has 2 heterocycles. The maximum atomic E-state index is 12.3. The van der Waals surface area contributed by atoms with Gasteiger partial charge in [0.25, 0.3) is 0 Å². The number of nitrogens with zero attached hydrogens (tertiary/aromatic N) is 4. The highest BCUT2D eigenvalue weighted by Gasteiger charge is 2.31. The van der Waals surface area contributed by atoms with Crippen molar-refractivity contribution in [2.45, 2.75) is 43.4 Å². The predicted octanol–water partition coefficient (Wildman–Crippen LogP) is 1.10. The van der Waals surface area contributed by atoms with E-state index in [1.54, 1.807) is 6.92 Å². The van der Waals surface area contributed by atoms with E-state index in [2.05, 4.69) is 30.9 Å². The maximum absolute atomic E-state index is 12.3. The van der Waals surface area contributed by atoms with Crippen LogP contribution >= 0.6 is 0 Å². The van der Waals surface area contributed by atoms with Gasteiger partial charge in [-0.05, 0) is 60.1 Å². The number of nitrogens with two attached hydrogens (primary N) is 1. The normalized spacial score (nSPS) is 23.1. The number of primary sulfonamides is 1. The fourth-order valence-corrected chi connectivity index (χ4v) is 5.30. The Hall–Kier alpha value is -2.33. The molecule has 0 atom stereocenters. The van der Waals surface area contributed by atoms with Gasteiger partial charge >= 0.3 is 0 Å². The summed E-state index contributed by atoms with van der Waals surface area (Å²) in [7, 11) is -3.92. The molecule has 4 rings (SSSR count). The molecule has 144 valence electrons. The molecule has 0 spiro atoms. The van der Waals surface area contributed by atoms with E-state index in [0.29, 0.717) is 22.9 Å². The van der Waals surface area contributed by atoms with Crippen LogP contribution in [0.4, 0.5) is 0 Å². The van der Waals surface area contributed by atoms with Crippen LogP contribution in [0.15, 0.2) is 22.0 Å². The van der Waals surface area contributed by atoms with Crippen LogP contribution in [0.25, 0.3) is 11.4 Å². The van der Waals surface area contributed by atoms with E-state index >= 15 is 0 Å². The summed E-state index contributed by atoms with van der Waals surface area (Å²) < 4.78 is 24.6. The van der Waals surface area contributed by atoms with Gasteiger partial charge in [-0.3, -0.25) is 4.99 Å². The average molecular weight is 389 g/mol. The van der Waals surface area contributed by atoms with E-state index in [-0.39, 0.29) is 10.8 Å². The smallest absolute Gasteiger partial charge is 0.239 e. The number of H-pyrrole nitrogens is 1. The van der Waals surface area contributed by atoms with Gasteiger partial charge in [0, 0.05) is 18.0 Å². The second kappa shape index (κ2) is 7.01. The molecule has 10 heteroatoms. The molecule has 27 heavy (non-hydrogen) atoms. The SMILES string of the molecule is Cc1ccc([C@H]2CC[C@H](C3=NCCN3)CC2)c(-c2nnn[nH]2)c1S(N)(=O)=O. The molecule has 1 fully saturated rings. The monoisotopic (exact) mass is 389 g/mol. The molecule has 2 aliphatic rings. The lowest BCUT2D eigenvalue weighted by Gasteiger charge is -2.30. The maximum Gasteiger partial charge on any atom is 0.239 e. The summed E-state index contributed by atoms with van der Waals surface area (Å²) in [5.74, 6) is 2.15. The highest BCUT2D eigenvalue weighted by molar-refractivity contribution is 7.89. The molecular formula is C17H23N7O2S. The number of rotatable bonds is 4. The van der Waals surface area contributed by atoms with Crippen LogP contribution in [-0.2, 0) is 10.0 Å². The number of aliphatic imine (C=N–C) groups is 1. The zero-order chi connectivity index (χ0) is 19.0. The Bertz CT molecular complexity index is 961. The van der Waals surface area contributed by atoms with E-state index in [1.807, 2.05) is 12.1 Å². The minimum absolute atomic E-state index is 0.0995. The standard InChI is InChI=1S/C17H23N7O2S/c1-10-2-7-13(11-3-5-12(6-4-11)16-19-8-9-20-16)14(15(10)27(18,25)26)17-21-23-24-22-17/h2,7,11-12H,3-6,8-9H2,1H3,(H,19,20)(H2,18,25,26)(H,21,22,23,24)/t11-,12-. The molecule has 0 radical (unpaired) electrons. The fraction of sp³-hybridized carbons (Fsp3) is 0.529. The van der Waals surface area contributed by atoms with Crippen molar-refractivity contribution in [2.75, 3.05) is 13.1 Å². The number of hydrogen-bond acceptors (Lipinski definition) is 7. The van der Waals surface area contributed by atoms with Crippen molar-refractivity contribution in [1.29, 1.82) is 0 Å². The number of aryl methyl sites for hydroxylation is 1. The van der Waals surface area contributed by atoms with Gasteiger partial charge in [-0.15, -0.1) is 5.10 Å². The molecule has 0 saturated heterocycles. The summed E-state index contributed by atoms with van der Waals surface area (Å²) in [5.41, 5.74) is 2.02. The second-order valence-corrected chi connectivity index (χ2v) is 8.71. The molecule has 0 bridgehead atoms. The third kappa shape index (κ3) is 3.46. The molecule has 2 aromatic rings. The Morgan fingerprint density at radius 1 is 1.15 bits per heavy atom. The molecular weight excluding hydrogens is 366 g/mol. The quantitative estimate of drug-likeness (QED) is 0.715. The van der Waals surface area contributed by atoms with Gasteiger partial charge in [0.1, 0.15) is 0 Å². The summed E-state index contributed by atoms with van der Waals surface area (Å²) in [6.45, 7) is 3.51. The Balaban J connectivity index is 1.71. The summed E-state index contributed by atoms with van der Waals surface area (Å²) >= 11 is 0. The van der Waals surface area contributed by atoms with Crippen LogP contribution in [0.5, 0.6) is 0 Å². The number of amidine groups is 1. The van der Waals surface area contributed by atoms with E-state index in [4.69, 9.17) is 5.14 Å². The largest absolute Gasteiger partial charge is 0.372 e. The highest BCUT2D eigenvalue weighted by Crippen LogP contribution is 2.42. The topological polar surface area (TPSA) is 139 Å². The Labute approximate surface area is 157 Å². The second-order valence-electron chi connectivity index (χ2n) is 7.21. The number of hydrogen-bond donors (Lipinski definition) is 3. The third-order valence-corrected chi connectivity index (χ3v) is 6.60. The number of benzene rings is 1. The van der Waals surface area contributed by atoms with Crippen molar-refractivity contribution < 1.29 is 8.42 Å². The summed E-state index contributed by atoms with van der Waals surface area (Å²) in [5, 5.41) is 22.8. The number of sulfonamides is 1. The van der Waals surface area contributed by atoms with E-state index in [0.717, 1.165) is 50.2 Å². The molecule has 1 saturated carbocycles. The molecule has 4 N–H and O–H groups in total. The first-order chi connectivity index (χ1) is 12.9. The van der Waals surface area contributed by atoms with E-state index in [9.17, 15) is 8.42 Å². The van der Waals surface area contributed by atoms with Crippen molar-refractivity contribution in [3.63, 3.8) is 0 Å². The fourth-order valence-electron chi connectivity index (χ4n) is 4.29. The number of nitrogens with one attached hydrogen (secondary N) is 2. The third-order valence-electron chi connectivity index (χ3n) is 5.51. The number of tetrazole rings is 1. The highest BCUT2D eigenvalue weighted by atomic mass is 32.2. The van der Waals surface area contributed by atoms with Gasteiger partial charge in [-0.2, -0.15) is 0 Å². The number of aromatic amines is 1. The van der Waals surface area contributed by atoms with Crippen molar-refractivity contribution in [3.8, 4) is 11.4 Å². The Morgan fingerprint density at radius 3 is 2.48 bits per heavy atom. The van der Waals surface area contributed by atoms with Crippen LogP contribution in [0.3, 0.4) is 0 Å². The van der Waals surface area contributed by atoms with Crippen LogP contribution in [0, 0.1) is 12.8 Å². The van der Waals surface area contributed by atoms with Gasteiger partial charge in [0.05, 0.1) is 17.3 Å². The van der Waals surface area contributed by atoms with Crippen LogP contribution in [0.2, 0.25) is 0 Å². The van der Waals surface area contributed by atoms with Crippen molar-refractivity contribution in [3.05, 3.63) is 23.3 Å². The van der Waals surface area contributed by atoms with E-state index in [1.165, 1.54) is 0 Å². The molecule has 1 aliphatic heterocycles. The zero-order valence-electron chi connectivity index (χ0n) is 15.1. The first kappa shape index (κ1) is 18.1. The molecule has 1 aliphatic carbocycles. The Kier molecular flexibility index (Phi) is 4.68. The average Bonchev–Trinajstić information content (AvgIpc) is 3.34. The molecule has 1 aromatic heterocycles.